The summed E-state index contributed by atoms with van der Waals surface area (Å²) >= 11 is 0. The van der Waals surface area contributed by atoms with Crippen LogP contribution in [0.4, 0.5) is 0 Å². The third-order valence-electron chi connectivity index (χ3n) is 4.04. The molecule has 2 fully saturated rings. The highest BCUT2D eigenvalue weighted by Crippen LogP contribution is 2.38. The molecule has 0 bridgehead atoms. The van der Waals surface area contributed by atoms with Crippen LogP contribution in [0.1, 0.15) is 25.7 Å². The van der Waals surface area contributed by atoms with Crippen molar-refractivity contribution < 1.29 is 13.5 Å². The maximum atomic E-state index is 12.2. The molecule has 0 amide bonds. The van der Waals surface area contributed by atoms with Crippen LogP contribution >= 0.6 is 0 Å². The van der Waals surface area contributed by atoms with Gasteiger partial charge in [0.1, 0.15) is 0 Å². The SMILES string of the molecule is CN(CCCO)S(=O)(=O)N1CC2CCCC2C1. The van der Waals surface area contributed by atoms with E-state index in [1.807, 2.05) is 0 Å². The molecule has 0 aromatic carbocycles. The average Bonchev–Trinajstić information content (AvgIpc) is 2.85. The molecule has 1 saturated carbocycles. The van der Waals surface area contributed by atoms with E-state index >= 15 is 0 Å². The molecule has 2 atom stereocenters. The standard InChI is InChI=1S/C11H22N2O3S/c1-12(6-3-7-14)17(15,16)13-8-10-4-2-5-11(10)9-13/h10-11,14H,2-9H2,1H3. The van der Waals surface area contributed by atoms with Gasteiger partial charge in [-0.1, -0.05) is 6.42 Å². The van der Waals surface area contributed by atoms with E-state index in [0.717, 1.165) is 0 Å². The molecule has 5 nitrogen and oxygen atoms in total. The number of nitrogens with zero attached hydrogens (tertiary/aromatic N) is 2. The molecule has 17 heavy (non-hydrogen) atoms. The molecule has 6 heteroatoms. The summed E-state index contributed by atoms with van der Waals surface area (Å²) in [6.07, 6.45) is 4.11. The van der Waals surface area contributed by atoms with Gasteiger partial charge in [0.15, 0.2) is 0 Å². The second-order valence-electron chi connectivity index (χ2n) is 5.17. The second kappa shape index (κ2) is 5.22. The van der Waals surface area contributed by atoms with Gasteiger partial charge in [-0.3, -0.25) is 0 Å². The Kier molecular flexibility index (Phi) is 4.07. The highest BCUT2D eigenvalue weighted by molar-refractivity contribution is 7.86. The van der Waals surface area contributed by atoms with Gasteiger partial charge in [-0.15, -0.1) is 0 Å². The maximum absolute atomic E-state index is 12.2. The van der Waals surface area contributed by atoms with Crippen LogP contribution < -0.4 is 0 Å². The average molecular weight is 262 g/mol. The van der Waals surface area contributed by atoms with Gasteiger partial charge in [0.25, 0.3) is 10.2 Å². The van der Waals surface area contributed by atoms with Gasteiger partial charge in [0, 0.05) is 33.3 Å². The van der Waals surface area contributed by atoms with E-state index in [0.29, 0.717) is 37.9 Å². The highest BCUT2D eigenvalue weighted by Gasteiger charge is 2.41. The molecule has 1 aliphatic carbocycles. The van der Waals surface area contributed by atoms with Gasteiger partial charge >= 0.3 is 0 Å². The van der Waals surface area contributed by atoms with Crippen molar-refractivity contribution in [3.8, 4) is 0 Å². The smallest absolute Gasteiger partial charge is 0.281 e. The molecule has 2 aliphatic rings. The molecule has 1 aliphatic heterocycles. The Morgan fingerprint density at radius 2 is 1.88 bits per heavy atom. The lowest BCUT2D eigenvalue weighted by atomic mass is 10.0. The molecule has 0 radical (unpaired) electrons. The highest BCUT2D eigenvalue weighted by atomic mass is 32.2. The topological polar surface area (TPSA) is 60.9 Å². The van der Waals surface area contributed by atoms with Gasteiger partial charge in [-0.2, -0.15) is 17.0 Å². The molecule has 2 unspecified atom stereocenters. The molecular weight excluding hydrogens is 240 g/mol. The maximum Gasteiger partial charge on any atom is 0.281 e. The molecule has 2 rings (SSSR count). The number of rotatable bonds is 5. The van der Waals surface area contributed by atoms with E-state index in [4.69, 9.17) is 5.11 Å². The minimum atomic E-state index is -3.30. The van der Waals surface area contributed by atoms with Crippen LogP contribution in [-0.2, 0) is 10.2 Å². The van der Waals surface area contributed by atoms with Crippen LogP contribution in [-0.4, -0.2) is 55.4 Å². The van der Waals surface area contributed by atoms with Crippen molar-refractivity contribution in [2.24, 2.45) is 11.8 Å². The van der Waals surface area contributed by atoms with Crippen LogP contribution in [0, 0.1) is 11.8 Å². The van der Waals surface area contributed by atoms with Gasteiger partial charge in [-0.05, 0) is 31.1 Å². The first-order valence-corrected chi connectivity index (χ1v) is 7.77. The molecule has 1 N–H and O–H groups in total. The Hall–Kier alpha value is -0.170. The van der Waals surface area contributed by atoms with Crippen LogP contribution in [0.3, 0.4) is 0 Å². The van der Waals surface area contributed by atoms with E-state index in [2.05, 4.69) is 0 Å². The largest absolute Gasteiger partial charge is 0.396 e. The van der Waals surface area contributed by atoms with E-state index in [9.17, 15) is 8.42 Å². The summed E-state index contributed by atoms with van der Waals surface area (Å²) in [6, 6.07) is 0. The van der Waals surface area contributed by atoms with Crippen molar-refractivity contribution >= 4 is 10.2 Å². The fraction of sp³-hybridized carbons (Fsp3) is 1.00. The monoisotopic (exact) mass is 262 g/mol. The van der Waals surface area contributed by atoms with Crippen molar-refractivity contribution in [1.29, 1.82) is 0 Å². The van der Waals surface area contributed by atoms with E-state index in [1.54, 1.807) is 11.4 Å². The van der Waals surface area contributed by atoms with Crippen molar-refractivity contribution in [3.63, 3.8) is 0 Å². The fourth-order valence-corrected chi connectivity index (χ4v) is 4.50. The van der Waals surface area contributed by atoms with Crippen LogP contribution in [0.5, 0.6) is 0 Å². The Morgan fingerprint density at radius 1 is 1.29 bits per heavy atom. The van der Waals surface area contributed by atoms with Gasteiger partial charge in [0.2, 0.25) is 0 Å². The molecule has 1 saturated heterocycles. The number of hydrogen-bond acceptors (Lipinski definition) is 3. The predicted octanol–water partition coefficient (Wildman–Crippen LogP) is 0.277. The van der Waals surface area contributed by atoms with Crippen LogP contribution in [0.2, 0.25) is 0 Å². The molecule has 0 spiro atoms. The molecule has 0 aromatic heterocycles. The lowest BCUT2D eigenvalue weighted by molar-refractivity contribution is 0.272. The first kappa shape index (κ1) is 13.3. The van der Waals surface area contributed by atoms with Gasteiger partial charge in [-0.25, -0.2) is 0 Å². The Labute approximate surface area is 104 Å². The number of aliphatic hydroxyl groups is 1. The zero-order chi connectivity index (χ0) is 12.5. The van der Waals surface area contributed by atoms with Crippen molar-refractivity contribution in [3.05, 3.63) is 0 Å². The Bertz CT molecular complexity index is 346. The molecule has 1 heterocycles. The van der Waals surface area contributed by atoms with E-state index < -0.39 is 10.2 Å². The minimum absolute atomic E-state index is 0.0328. The first-order valence-electron chi connectivity index (χ1n) is 6.38. The third-order valence-corrected chi connectivity index (χ3v) is 5.97. The summed E-state index contributed by atoms with van der Waals surface area (Å²) in [5, 5.41) is 8.74. The van der Waals surface area contributed by atoms with Crippen molar-refractivity contribution in [2.75, 3.05) is 33.3 Å². The number of aliphatic hydroxyl groups excluding tert-OH is 1. The third kappa shape index (κ3) is 2.65. The summed E-state index contributed by atoms with van der Waals surface area (Å²) < 4.78 is 27.5. The molecule has 0 aromatic rings. The quantitative estimate of drug-likeness (QED) is 0.774. The normalized spacial score (nSPS) is 30.1. The zero-order valence-corrected chi connectivity index (χ0v) is 11.2. The van der Waals surface area contributed by atoms with Crippen LogP contribution in [0.25, 0.3) is 0 Å². The fourth-order valence-electron chi connectivity index (χ4n) is 2.99. The minimum Gasteiger partial charge on any atom is -0.396 e. The summed E-state index contributed by atoms with van der Waals surface area (Å²) in [7, 11) is -1.70. The summed E-state index contributed by atoms with van der Waals surface area (Å²) in [6.45, 7) is 1.81. The molecular formula is C11H22N2O3S. The lowest BCUT2D eigenvalue weighted by Crippen LogP contribution is -2.41. The number of hydrogen-bond donors (Lipinski definition) is 1. The Morgan fingerprint density at radius 3 is 2.41 bits per heavy atom. The van der Waals surface area contributed by atoms with Crippen LogP contribution in [0.15, 0.2) is 0 Å². The van der Waals surface area contributed by atoms with E-state index in [1.165, 1.54) is 23.6 Å². The zero-order valence-electron chi connectivity index (χ0n) is 10.4. The summed E-state index contributed by atoms with van der Waals surface area (Å²) in [5.41, 5.74) is 0. The van der Waals surface area contributed by atoms with Gasteiger partial charge in [0.05, 0.1) is 0 Å². The van der Waals surface area contributed by atoms with Crippen molar-refractivity contribution in [2.45, 2.75) is 25.7 Å². The molecule has 100 valence electrons. The summed E-state index contributed by atoms with van der Waals surface area (Å²) in [4.78, 5) is 0. The van der Waals surface area contributed by atoms with E-state index in [-0.39, 0.29) is 6.61 Å². The second-order valence-corrected chi connectivity index (χ2v) is 7.21. The summed E-state index contributed by atoms with van der Waals surface area (Å²) in [5.74, 6) is 1.16. The predicted molar refractivity (Wildman–Crippen MR) is 65.7 cm³/mol. The number of fused-ring (bicyclic) bond motifs is 1. The van der Waals surface area contributed by atoms with Gasteiger partial charge < -0.3 is 5.11 Å². The van der Waals surface area contributed by atoms with Crippen molar-refractivity contribution in [1.82, 2.24) is 8.61 Å². The Balaban J connectivity index is 1.97. The lowest BCUT2D eigenvalue weighted by Gasteiger charge is -2.24. The first-order chi connectivity index (χ1) is 8.05.